The Bertz CT molecular complexity index is 460. The van der Waals surface area contributed by atoms with E-state index >= 15 is 0 Å². The van der Waals surface area contributed by atoms with Crippen LogP contribution in [0, 0.1) is 0 Å². The van der Waals surface area contributed by atoms with Crippen LogP contribution in [-0.4, -0.2) is 28.6 Å². The largest absolute Gasteiger partial charge is 0.481 e. The Balaban J connectivity index is 2.75. The molecule has 0 saturated carbocycles. The zero-order valence-corrected chi connectivity index (χ0v) is 12.1. The van der Waals surface area contributed by atoms with Gasteiger partial charge in [-0.2, -0.15) is 0 Å². The summed E-state index contributed by atoms with van der Waals surface area (Å²) in [5.74, 6) is -0.881. The lowest BCUT2D eigenvalue weighted by molar-refractivity contribution is -0.148. The second-order valence-electron chi connectivity index (χ2n) is 4.81. The zero-order chi connectivity index (χ0) is 15.2. The Hall–Kier alpha value is -2.04. The first-order valence-corrected chi connectivity index (χ1v) is 6.70. The fourth-order valence-electron chi connectivity index (χ4n) is 1.63. The molecule has 1 aromatic carbocycles. The molecule has 1 amide bonds. The summed E-state index contributed by atoms with van der Waals surface area (Å²) in [6.07, 6.45) is 0.0540. The van der Waals surface area contributed by atoms with Gasteiger partial charge in [-0.1, -0.05) is 32.0 Å². The predicted octanol–water partition coefficient (Wildman–Crippen LogP) is 2.21. The number of hydrogen-bond donors (Lipinski definition) is 2. The summed E-state index contributed by atoms with van der Waals surface area (Å²) >= 11 is 0. The number of carboxylic acids is 1. The summed E-state index contributed by atoms with van der Waals surface area (Å²) in [7, 11) is 0. The van der Waals surface area contributed by atoms with E-state index in [1.807, 2.05) is 25.1 Å². The maximum atomic E-state index is 12.2. The predicted molar refractivity (Wildman–Crippen MR) is 75.6 cm³/mol. The Kier molecular flexibility index (Phi) is 5.55. The minimum absolute atomic E-state index is 0.301. The van der Waals surface area contributed by atoms with Crippen molar-refractivity contribution in [3.63, 3.8) is 0 Å². The number of aliphatic carboxylic acids is 1. The van der Waals surface area contributed by atoms with Crippen molar-refractivity contribution in [1.29, 1.82) is 0 Å². The first-order valence-electron chi connectivity index (χ1n) is 6.70. The van der Waals surface area contributed by atoms with Crippen LogP contribution in [0.15, 0.2) is 30.3 Å². The van der Waals surface area contributed by atoms with Crippen LogP contribution >= 0.6 is 0 Å². The summed E-state index contributed by atoms with van der Waals surface area (Å²) in [4.78, 5) is 23.4. The van der Waals surface area contributed by atoms with Gasteiger partial charge in [0, 0.05) is 0 Å². The number of nitrogens with one attached hydrogen (secondary N) is 1. The van der Waals surface area contributed by atoms with Gasteiger partial charge in [-0.25, -0.2) is 4.79 Å². The van der Waals surface area contributed by atoms with E-state index in [2.05, 4.69) is 5.32 Å². The van der Waals surface area contributed by atoms with Crippen LogP contribution < -0.4 is 10.1 Å². The highest BCUT2D eigenvalue weighted by atomic mass is 16.5. The van der Waals surface area contributed by atoms with Crippen LogP contribution in [-0.2, 0) is 9.59 Å². The quantitative estimate of drug-likeness (QED) is 0.802. The number of benzene rings is 1. The lowest BCUT2D eigenvalue weighted by Crippen LogP contribution is -2.55. The molecule has 2 atom stereocenters. The molecule has 0 aliphatic carbocycles. The smallest absolute Gasteiger partial charge is 0.329 e. The van der Waals surface area contributed by atoms with Gasteiger partial charge >= 0.3 is 5.97 Å². The fourth-order valence-corrected chi connectivity index (χ4v) is 1.63. The molecule has 0 bridgehead atoms. The van der Waals surface area contributed by atoms with Crippen LogP contribution in [0.25, 0.3) is 0 Å². The molecule has 2 N–H and O–H groups in total. The number of carbonyl (C=O) groups excluding carboxylic acids is 1. The van der Waals surface area contributed by atoms with Crippen molar-refractivity contribution < 1.29 is 19.4 Å². The summed E-state index contributed by atoms with van der Waals surface area (Å²) in [5, 5.41) is 11.7. The van der Waals surface area contributed by atoms with Crippen molar-refractivity contribution in [2.24, 2.45) is 0 Å². The highest BCUT2D eigenvalue weighted by Crippen LogP contribution is 2.15. The molecule has 20 heavy (non-hydrogen) atoms. The van der Waals surface area contributed by atoms with E-state index in [1.54, 1.807) is 19.1 Å². The maximum Gasteiger partial charge on any atom is 0.329 e. The number of hydrogen-bond acceptors (Lipinski definition) is 3. The average Bonchev–Trinajstić information content (AvgIpc) is 2.45. The fraction of sp³-hybridized carbons (Fsp3) is 0.467. The summed E-state index contributed by atoms with van der Waals surface area (Å²) in [6.45, 7) is 5.02. The summed E-state index contributed by atoms with van der Waals surface area (Å²) in [6, 6.07) is 8.99. The molecule has 5 nitrogen and oxygen atoms in total. The molecule has 0 saturated heterocycles. The van der Waals surface area contributed by atoms with Crippen LogP contribution in [0.4, 0.5) is 0 Å². The molecule has 0 radical (unpaired) electrons. The molecule has 0 heterocycles. The molecule has 0 aromatic heterocycles. The van der Waals surface area contributed by atoms with E-state index in [-0.39, 0.29) is 0 Å². The highest BCUT2D eigenvalue weighted by molar-refractivity contribution is 5.88. The Labute approximate surface area is 118 Å². The number of para-hydroxylation sites is 1. The van der Waals surface area contributed by atoms with Crippen LogP contribution in [0.1, 0.15) is 33.6 Å². The maximum absolute atomic E-state index is 12.2. The number of carbonyl (C=O) groups is 2. The Morgan fingerprint density at radius 2 is 1.90 bits per heavy atom. The van der Waals surface area contributed by atoms with Crippen LogP contribution in [0.2, 0.25) is 0 Å². The Morgan fingerprint density at radius 1 is 1.30 bits per heavy atom. The lowest BCUT2D eigenvalue weighted by Gasteiger charge is -2.27. The summed E-state index contributed by atoms with van der Waals surface area (Å²) < 4.78 is 5.59. The molecule has 1 aromatic rings. The molecule has 5 heteroatoms. The van der Waals surface area contributed by atoms with Crippen molar-refractivity contribution in [2.45, 2.75) is 45.3 Å². The van der Waals surface area contributed by atoms with Gasteiger partial charge in [0.15, 0.2) is 6.10 Å². The zero-order valence-electron chi connectivity index (χ0n) is 12.1. The third-order valence-corrected chi connectivity index (χ3v) is 3.26. The van der Waals surface area contributed by atoms with Crippen molar-refractivity contribution >= 4 is 11.9 Å². The van der Waals surface area contributed by atoms with Gasteiger partial charge in [-0.05, 0) is 31.9 Å². The van der Waals surface area contributed by atoms with Crippen molar-refractivity contribution in [3.05, 3.63) is 30.3 Å². The molecule has 0 spiro atoms. The molecule has 110 valence electrons. The van der Waals surface area contributed by atoms with E-state index < -0.39 is 23.5 Å². The minimum atomic E-state index is -1.27. The monoisotopic (exact) mass is 279 g/mol. The van der Waals surface area contributed by atoms with Crippen molar-refractivity contribution in [3.8, 4) is 5.75 Å². The topological polar surface area (TPSA) is 75.6 Å². The van der Waals surface area contributed by atoms with Gasteiger partial charge in [-0.15, -0.1) is 0 Å². The van der Waals surface area contributed by atoms with E-state index in [4.69, 9.17) is 4.74 Å². The van der Waals surface area contributed by atoms with E-state index in [0.717, 1.165) is 0 Å². The van der Waals surface area contributed by atoms with Gasteiger partial charge < -0.3 is 15.2 Å². The Morgan fingerprint density at radius 3 is 2.35 bits per heavy atom. The third-order valence-electron chi connectivity index (χ3n) is 3.26. The van der Waals surface area contributed by atoms with E-state index in [1.165, 1.54) is 6.92 Å². The van der Waals surface area contributed by atoms with Crippen molar-refractivity contribution in [2.75, 3.05) is 0 Å². The van der Waals surface area contributed by atoms with Gasteiger partial charge in [0.2, 0.25) is 0 Å². The van der Waals surface area contributed by atoms with Gasteiger partial charge in [0.25, 0.3) is 5.91 Å². The SMILES string of the molecule is CCC(Oc1ccccc1)C(=O)NC(C)(CC)C(=O)O. The second kappa shape index (κ2) is 6.93. The molecule has 0 aliphatic rings. The first-order chi connectivity index (χ1) is 9.42. The van der Waals surface area contributed by atoms with Gasteiger partial charge in [0.05, 0.1) is 0 Å². The normalized spacial score (nSPS) is 14.9. The second-order valence-corrected chi connectivity index (χ2v) is 4.81. The molecular formula is C15H21NO4. The number of rotatable bonds is 7. The lowest BCUT2D eigenvalue weighted by atomic mass is 9.98. The minimum Gasteiger partial charge on any atom is -0.481 e. The molecule has 0 aliphatic heterocycles. The molecular weight excluding hydrogens is 258 g/mol. The van der Waals surface area contributed by atoms with Gasteiger partial charge in [-0.3, -0.25) is 4.79 Å². The van der Waals surface area contributed by atoms with Gasteiger partial charge in [0.1, 0.15) is 11.3 Å². The van der Waals surface area contributed by atoms with E-state index in [9.17, 15) is 14.7 Å². The molecule has 0 fully saturated rings. The van der Waals surface area contributed by atoms with Crippen molar-refractivity contribution in [1.82, 2.24) is 5.32 Å². The average molecular weight is 279 g/mol. The first kappa shape index (κ1) is 16.0. The van der Waals surface area contributed by atoms with Crippen LogP contribution in [0.5, 0.6) is 5.75 Å². The molecule has 2 unspecified atom stereocenters. The standard InChI is InChI=1S/C15H21NO4/c1-4-12(20-11-9-7-6-8-10-11)13(17)16-15(3,5-2)14(18)19/h6-10,12H,4-5H2,1-3H3,(H,16,17)(H,18,19). The number of ether oxygens (including phenoxy) is 1. The third kappa shape index (κ3) is 3.98. The molecule has 1 rings (SSSR count). The number of amides is 1. The van der Waals surface area contributed by atoms with E-state index in [0.29, 0.717) is 18.6 Å². The van der Waals surface area contributed by atoms with Crippen LogP contribution in [0.3, 0.4) is 0 Å². The summed E-state index contributed by atoms with van der Waals surface area (Å²) in [5.41, 5.74) is -1.27. The highest BCUT2D eigenvalue weighted by Gasteiger charge is 2.35. The number of carboxylic acid groups (broad SMARTS) is 1.